The largest absolute Gasteiger partial charge is 0.467 e. The maximum atomic E-state index is 13.1. The van der Waals surface area contributed by atoms with Crippen molar-refractivity contribution in [3.8, 4) is 0 Å². The molecular formula is C14H15F2NO4. The van der Waals surface area contributed by atoms with Crippen molar-refractivity contribution in [2.75, 3.05) is 26.8 Å². The van der Waals surface area contributed by atoms with E-state index in [1.807, 2.05) is 0 Å². The highest BCUT2D eigenvalue weighted by molar-refractivity contribution is 5.81. The van der Waals surface area contributed by atoms with Gasteiger partial charge in [-0.15, -0.1) is 0 Å². The number of methoxy groups -OCH3 is 1. The molecule has 1 aliphatic rings. The molecule has 1 fully saturated rings. The van der Waals surface area contributed by atoms with E-state index < -0.39 is 23.7 Å². The lowest BCUT2D eigenvalue weighted by Crippen LogP contribution is -2.49. The summed E-state index contributed by atoms with van der Waals surface area (Å²) in [5, 5.41) is 0. The Kier molecular flexibility index (Phi) is 4.85. The highest BCUT2D eigenvalue weighted by atomic mass is 19.2. The van der Waals surface area contributed by atoms with Gasteiger partial charge >= 0.3 is 5.97 Å². The van der Waals surface area contributed by atoms with Crippen molar-refractivity contribution in [3.63, 3.8) is 0 Å². The zero-order chi connectivity index (χ0) is 15.4. The number of hydrogen-bond donors (Lipinski definition) is 0. The van der Waals surface area contributed by atoms with Crippen molar-refractivity contribution in [1.29, 1.82) is 0 Å². The summed E-state index contributed by atoms with van der Waals surface area (Å²) in [6.07, 6.45) is -0.872. The SMILES string of the molecule is COC(=O)C1CN(C(=O)Cc2ccc(F)c(F)c2)CCO1. The number of halogens is 2. The third-order valence-electron chi connectivity index (χ3n) is 3.22. The van der Waals surface area contributed by atoms with Crippen molar-refractivity contribution in [2.24, 2.45) is 0 Å². The first kappa shape index (κ1) is 15.4. The molecule has 0 aromatic heterocycles. The van der Waals surface area contributed by atoms with Gasteiger partial charge in [0.05, 0.1) is 26.7 Å². The molecule has 114 valence electrons. The molecule has 7 heteroatoms. The second-order valence-electron chi connectivity index (χ2n) is 4.65. The van der Waals surface area contributed by atoms with Gasteiger partial charge in [0, 0.05) is 6.54 Å². The minimum atomic E-state index is -0.991. The number of esters is 1. The molecule has 0 spiro atoms. The fourth-order valence-corrected chi connectivity index (χ4v) is 2.09. The Morgan fingerprint density at radius 1 is 1.38 bits per heavy atom. The molecule has 21 heavy (non-hydrogen) atoms. The van der Waals surface area contributed by atoms with Gasteiger partial charge in [-0.05, 0) is 17.7 Å². The predicted octanol–water partition coefficient (Wildman–Crippen LogP) is 0.908. The van der Waals surface area contributed by atoms with Crippen LogP contribution in [-0.2, 0) is 25.5 Å². The monoisotopic (exact) mass is 299 g/mol. The molecule has 0 saturated carbocycles. The molecule has 1 amide bonds. The fraction of sp³-hybridized carbons (Fsp3) is 0.429. The second-order valence-corrected chi connectivity index (χ2v) is 4.65. The third kappa shape index (κ3) is 3.75. The molecular weight excluding hydrogens is 284 g/mol. The van der Waals surface area contributed by atoms with E-state index in [4.69, 9.17) is 4.74 Å². The Labute approximate surface area is 120 Å². The van der Waals surface area contributed by atoms with Crippen LogP contribution < -0.4 is 0 Å². The summed E-state index contributed by atoms with van der Waals surface area (Å²) in [6, 6.07) is 3.33. The molecule has 1 heterocycles. The van der Waals surface area contributed by atoms with Crippen molar-refractivity contribution >= 4 is 11.9 Å². The number of carbonyl (C=O) groups excluding carboxylic acids is 2. The van der Waals surface area contributed by atoms with Gasteiger partial charge in [-0.1, -0.05) is 6.07 Å². The molecule has 0 N–H and O–H groups in total. The summed E-state index contributed by atoms with van der Waals surface area (Å²) in [5.41, 5.74) is 0.375. The van der Waals surface area contributed by atoms with Gasteiger partial charge in [-0.2, -0.15) is 0 Å². The van der Waals surface area contributed by atoms with E-state index in [0.717, 1.165) is 12.1 Å². The Hall–Kier alpha value is -2.02. The van der Waals surface area contributed by atoms with Crippen LogP contribution in [0.1, 0.15) is 5.56 Å². The standard InChI is InChI=1S/C14H15F2NO4/c1-20-14(19)12-8-17(4-5-21-12)13(18)7-9-2-3-10(15)11(16)6-9/h2-3,6,12H,4-5,7-8H2,1H3. The minimum absolute atomic E-state index is 0.0644. The quantitative estimate of drug-likeness (QED) is 0.779. The second kappa shape index (κ2) is 6.62. The van der Waals surface area contributed by atoms with Crippen LogP contribution in [0.2, 0.25) is 0 Å². The van der Waals surface area contributed by atoms with Crippen LogP contribution in [0, 0.1) is 11.6 Å². The molecule has 2 rings (SSSR count). The number of carbonyl (C=O) groups is 2. The van der Waals surface area contributed by atoms with Crippen LogP contribution in [0.15, 0.2) is 18.2 Å². The Balaban J connectivity index is 1.99. The molecule has 0 radical (unpaired) electrons. The third-order valence-corrected chi connectivity index (χ3v) is 3.22. The van der Waals surface area contributed by atoms with Gasteiger partial charge in [-0.25, -0.2) is 13.6 Å². The number of ether oxygens (including phenoxy) is 2. The van der Waals surface area contributed by atoms with E-state index in [9.17, 15) is 18.4 Å². The van der Waals surface area contributed by atoms with E-state index in [0.29, 0.717) is 12.1 Å². The van der Waals surface area contributed by atoms with Crippen LogP contribution in [-0.4, -0.2) is 49.7 Å². The van der Waals surface area contributed by atoms with Crippen molar-refractivity contribution in [2.45, 2.75) is 12.5 Å². The highest BCUT2D eigenvalue weighted by Crippen LogP contribution is 2.12. The summed E-state index contributed by atoms with van der Waals surface area (Å²) in [7, 11) is 1.24. The van der Waals surface area contributed by atoms with E-state index in [2.05, 4.69) is 4.74 Å². The Morgan fingerprint density at radius 2 is 2.14 bits per heavy atom. The fourth-order valence-electron chi connectivity index (χ4n) is 2.09. The molecule has 1 atom stereocenters. The number of rotatable bonds is 3. The van der Waals surface area contributed by atoms with Gasteiger partial charge in [0.15, 0.2) is 17.7 Å². The van der Waals surface area contributed by atoms with E-state index in [1.165, 1.54) is 18.1 Å². The molecule has 5 nitrogen and oxygen atoms in total. The zero-order valence-electron chi connectivity index (χ0n) is 11.5. The summed E-state index contributed by atoms with van der Waals surface area (Å²) in [5.74, 6) is -2.77. The van der Waals surface area contributed by atoms with Crippen LogP contribution >= 0.6 is 0 Å². The molecule has 1 aromatic rings. The lowest BCUT2D eigenvalue weighted by molar-refractivity contribution is -0.162. The normalized spacial score (nSPS) is 18.4. The number of nitrogens with zero attached hydrogens (tertiary/aromatic N) is 1. The van der Waals surface area contributed by atoms with Gasteiger partial charge in [0.1, 0.15) is 0 Å². The minimum Gasteiger partial charge on any atom is -0.467 e. The highest BCUT2D eigenvalue weighted by Gasteiger charge is 2.29. The maximum absolute atomic E-state index is 13.1. The Bertz CT molecular complexity index is 550. The first-order chi connectivity index (χ1) is 10.0. The number of amides is 1. The first-order valence-electron chi connectivity index (χ1n) is 6.42. The van der Waals surface area contributed by atoms with Gasteiger partial charge < -0.3 is 14.4 Å². The number of benzene rings is 1. The van der Waals surface area contributed by atoms with E-state index >= 15 is 0 Å². The van der Waals surface area contributed by atoms with E-state index in [-0.39, 0.29) is 25.5 Å². The van der Waals surface area contributed by atoms with Crippen molar-refractivity contribution in [3.05, 3.63) is 35.4 Å². The van der Waals surface area contributed by atoms with Crippen molar-refractivity contribution < 1.29 is 27.8 Å². The summed E-state index contributed by atoms with van der Waals surface area (Å²) >= 11 is 0. The van der Waals surface area contributed by atoms with Crippen molar-refractivity contribution in [1.82, 2.24) is 4.90 Å². The predicted molar refractivity (Wildman–Crippen MR) is 68.4 cm³/mol. The number of morpholine rings is 1. The van der Waals surface area contributed by atoms with Gasteiger partial charge in [0.25, 0.3) is 0 Å². The molecule has 1 aliphatic heterocycles. The van der Waals surface area contributed by atoms with E-state index in [1.54, 1.807) is 0 Å². The summed E-state index contributed by atoms with van der Waals surface area (Å²) < 4.78 is 35.7. The van der Waals surface area contributed by atoms with Crippen LogP contribution in [0.3, 0.4) is 0 Å². The summed E-state index contributed by atoms with van der Waals surface area (Å²) in [4.78, 5) is 25.0. The topological polar surface area (TPSA) is 55.8 Å². The van der Waals surface area contributed by atoms with Gasteiger partial charge in [-0.3, -0.25) is 4.79 Å². The smallest absolute Gasteiger partial charge is 0.336 e. The molecule has 1 unspecified atom stereocenters. The number of hydrogen-bond acceptors (Lipinski definition) is 4. The zero-order valence-corrected chi connectivity index (χ0v) is 11.5. The lowest BCUT2D eigenvalue weighted by atomic mass is 10.1. The first-order valence-corrected chi connectivity index (χ1v) is 6.42. The van der Waals surface area contributed by atoms with Crippen LogP contribution in [0.4, 0.5) is 8.78 Å². The van der Waals surface area contributed by atoms with Gasteiger partial charge in [0.2, 0.25) is 5.91 Å². The van der Waals surface area contributed by atoms with Crippen LogP contribution in [0.5, 0.6) is 0 Å². The average molecular weight is 299 g/mol. The maximum Gasteiger partial charge on any atom is 0.336 e. The molecule has 1 saturated heterocycles. The molecule has 0 aliphatic carbocycles. The van der Waals surface area contributed by atoms with Crippen LogP contribution in [0.25, 0.3) is 0 Å². The average Bonchev–Trinajstić information content (AvgIpc) is 2.50. The molecule has 1 aromatic carbocycles. The Morgan fingerprint density at radius 3 is 2.81 bits per heavy atom. The lowest BCUT2D eigenvalue weighted by Gasteiger charge is -2.31. The summed E-state index contributed by atoms with van der Waals surface area (Å²) in [6.45, 7) is 0.661. The molecule has 0 bridgehead atoms.